The van der Waals surface area contributed by atoms with Gasteiger partial charge in [-0.15, -0.1) is 0 Å². The summed E-state index contributed by atoms with van der Waals surface area (Å²) in [6.45, 7) is -0.591. The first kappa shape index (κ1) is 25.3. The van der Waals surface area contributed by atoms with Crippen LogP contribution < -0.4 is 21.7 Å². The first-order valence-electron chi connectivity index (χ1n) is 8.59. The SMILES string of the molecule is NC1NC(=O)C2NCN([C@H]3C[C@H](O)[C@@H](COP(=O)(O)OP(=O)(O)OP(=O)(O)O)O3)C2N1. The predicted molar refractivity (Wildman–Crippen MR) is 95.8 cm³/mol. The van der Waals surface area contributed by atoms with Gasteiger partial charge in [-0.1, -0.05) is 0 Å². The first-order valence-corrected chi connectivity index (χ1v) is 13.1. The van der Waals surface area contributed by atoms with E-state index in [1.54, 1.807) is 4.90 Å². The number of nitrogens with one attached hydrogen (secondary N) is 3. The van der Waals surface area contributed by atoms with E-state index in [1.165, 1.54) is 0 Å². The van der Waals surface area contributed by atoms with E-state index in [1.807, 2.05) is 0 Å². The topological polar surface area (TPSA) is 272 Å². The average molecular weight is 513 g/mol. The van der Waals surface area contributed by atoms with E-state index >= 15 is 0 Å². The number of phosphoric acid groups is 3. The molecule has 0 aliphatic carbocycles. The number of hydrogen-bond acceptors (Lipinski definition) is 13. The van der Waals surface area contributed by atoms with E-state index in [0.29, 0.717) is 0 Å². The van der Waals surface area contributed by atoms with Gasteiger partial charge < -0.3 is 34.7 Å². The van der Waals surface area contributed by atoms with Crippen LogP contribution in [0.25, 0.3) is 0 Å². The average Bonchev–Trinajstić information content (AvgIpc) is 3.13. The van der Waals surface area contributed by atoms with E-state index in [4.69, 9.17) is 25.2 Å². The Kier molecular flexibility index (Phi) is 7.43. The molecule has 0 bridgehead atoms. The number of amides is 1. The molecule has 5 unspecified atom stereocenters. The highest BCUT2D eigenvalue weighted by Crippen LogP contribution is 2.66. The van der Waals surface area contributed by atoms with Gasteiger partial charge in [0.2, 0.25) is 5.91 Å². The molecular formula is C10H22N5O13P3. The van der Waals surface area contributed by atoms with Crippen molar-refractivity contribution in [2.24, 2.45) is 5.73 Å². The standard InChI is InChI=1S/C10H22N5O13P3/c11-10-13-8-7(9(17)14-10)12-3-15(8)6-1-4(16)5(26-6)2-25-30(21,22)28-31(23,24)27-29(18,19)20/h4-8,10,12-13,16H,1-3,11H2,(H,14,17)(H,21,22)(H,23,24)(H2,18,19,20)/t4-,5+,6+,7?,8?,10?/m0/s1. The number of aliphatic hydroxyl groups excluding tert-OH is 1. The summed E-state index contributed by atoms with van der Waals surface area (Å²) in [4.78, 5) is 49.3. The molecule has 0 aromatic rings. The molecule has 0 saturated carbocycles. The van der Waals surface area contributed by atoms with E-state index in [2.05, 4.69) is 29.1 Å². The molecule has 3 aliphatic rings. The maximum atomic E-state index is 12.0. The molecule has 3 aliphatic heterocycles. The number of hydrogen-bond donors (Lipinski definition) is 9. The number of carbonyl (C=O) groups excluding carboxylic acids is 1. The summed E-state index contributed by atoms with van der Waals surface area (Å²) in [5.41, 5.74) is 5.70. The monoisotopic (exact) mass is 513 g/mol. The van der Waals surface area contributed by atoms with Gasteiger partial charge in [0.05, 0.1) is 25.5 Å². The van der Waals surface area contributed by atoms with Crippen molar-refractivity contribution in [2.45, 2.75) is 43.4 Å². The van der Waals surface area contributed by atoms with Crippen LogP contribution in [0.3, 0.4) is 0 Å². The number of nitrogens with zero attached hydrogens (tertiary/aromatic N) is 1. The molecule has 0 radical (unpaired) electrons. The minimum absolute atomic E-state index is 0.0217. The smallest absolute Gasteiger partial charge is 0.390 e. The lowest BCUT2D eigenvalue weighted by molar-refractivity contribution is -0.130. The summed E-state index contributed by atoms with van der Waals surface area (Å²) in [7, 11) is -16.5. The van der Waals surface area contributed by atoms with Gasteiger partial charge in [-0.05, 0) is 0 Å². The molecule has 3 fully saturated rings. The van der Waals surface area contributed by atoms with Crippen molar-refractivity contribution in [3.05, 3.63) is 0 Å². The summed E-state index contributed by atoms with van der Waals surface area (Å²) in [5, 5.41) is 18.6. The zero-order chi connectivity index (χ0) is 23.2. The zero-order valence-electron chi connectivity index (χ0n) is 15.5. The van der Waals surface area contributed by atoms with Gasteiger partial charge in [0, 0.05) is 6.42 Å². The van der Waals surface area contributed by atoms with Gasteiger partial charge in [0.1, 0.15) is 24.7 Å². The molecular weight excluding hydrogens is 491 g/mol. The van der Waals surface area contributed by atoms with E-state index in [0.717, 1.165) is 0 Å². The van der Waals surface area contributed by atoms with Gasteiger partial charge in [-0.25, -0.2) is 18.6 Å². The lowest BCUT2D eigenvalue weighted by Gasteiger charge is -2.37. The second-order valence-electron chi connectivity index (χ2n) is 6.77. The van der Waals surface area contributed by atoms with Crippen LogP contribution in [0.5, 0.6) is 0 Å². The predicted octanol–water partition coefficient (Wildman–Crippen LogP) is -3.68. The van der Waals surface area contributed by atoms with Crippen molar-refractivity contribution >= 4 is 29.4 Å². The fourth-order valence-corrected chi connectivity index (χ4v) is 6.35. The minimum Gasteiger partial charge on any atom is -0.390 e. The summed E-state index contributed by atoms with van der Waals surface area (Å²) < 4.78 is 51.1. The van der Waals surface area contributed by atoms with Crippen LogP contribution in [-0.2, 0) is 36.4 Å². The molecule has 3 rings (SSSR count). The van der Waals surface area contributed by atoms with Crippen molar-refractivity contribution in [3.8, 4) is 0 Å². The second kappa shape index (κ2) is 9.12. The first-order chi connectivity index (χ1) is 14.2. The van der Waals surface area contributed by atoms with Crippen molar-refractivity contribution in [1.82, 2.24) is 20.9 Å². The Morgan fingerprint density at radius 1 is 1.16 bits per heavy atom. The van der Waals surface area contributed by atoms with Gasteiger partial charge in [-0.2, -0.15) is 8.62 Å². The molecule has 3 heterocycles. The fourth-order valence-electron chi connectivity index (χ4n) is 3.32. The Bertz CT molecular complexity index is 841. The minimum atomic E-state index is -5.65. The number of fused-ring (bicyclic) bond motifs is 1. The molecule has 8 atom stereocenters. The third kappa shape index (κ3) is 6.59. The van der Waals surface area contributed by atoms with E-state index in [-0.39, 0.29) is 19.0 Å². The van der Waals surface area contributed by atoms with Crippen molar-refractivity contribution in [3.63, 3.8) is 0 Å². The third-order valence-corrected chi connectivity index (χ3v) is 8.29. The largest absolute Gasteiger partial charge is 0.490 e. The summed E-state index contributed by atoms with van der Waals surface area (Å²) in [6, 6.07) is -0.630. The number of rotatable bonds is 8. The van der Waals surface area contributed by atoms with Crippen LogP contribution in [-0.4, -0.2) is 85.7 Å². The Balaban J connectivity index is 1.56. The highest BCUT2D eigenvalue weighted by molar-refractivity contribution is 7.66. The Morgan fingerprint density at radius 3 is 2.48 bits per heavy atom. The van der Waals surface area contributed by atoms with Gasteiger partial charge in [0.25, 0.3) is 0 Å². The maximum Gasteiger partial charge on any atom is 0.490 e. The molecule has 31 heavy (non-hydrogen) atoms. The van der Waals surface area contributed by atoms with Crippen LogP contribution in [0.15, 0.2) is 0 Å². The van der Waals surface area contributed by atoms with Gasteiger partial charge in [-0.3, -0.25) is 25.7 Å². The molecule has 0 spiro atoms. The number of phosphoric ester groups is 1. The van der Waals surface area contributed by atoms with Crippen LogP contribution >= 0.6 is 23.5 Å². The van der Waals surface area contributed by atoms with Crippen LogP contribution in [0.2, 0.25) is 0 Å². The molecule has 0 aromatic carbocycles. The summed E-state index contributed by atoms with van der Waals surface area (Å²) in [5.74, 6) is -0.332. The zero-order valence-corrected chi connectivity index (χ0v) is 18.1. The Morgan fingerprint density at radius 2 is 1.84 bits per heavy atom. The molecule has 18 nitrogen and oxygen atoms in total. The number of nitrogens with two attached hydrogens (primary N) is 1. The van der Waals surface area contributed by atoms with Crippen LogP contribution in [0.4, 0.5) is 0 Å². The third-order valence-electron chi connectivity index (χ3n) is 4.49. The Hall–Kier alpha value is -0.360. The number of carbonyl (C=O) groups is 1. The fraction of sp³-hybridized carbons (Fsp3) is 0.900. The quantitative estimate of drug-likeness (QED) is 0.141. The van der Waals surface area contributed by atoms with Crippen molar-refractivity contribution in [2.75, 3.05) is 13.3 Å². The van der Waals surface area contributed by atoms with Crippen molar-refractivity contribution < 1.29 is 61.1 Å². The Labute approximate surface area is 174 Å². The number of aliphatic hydroxyl groups is 1. The second-order valence-corrected chi connectivity index (χ2v) is 11.2. The maximum absolute atomic E-state index is 12.0. The van der Waals surface area contributed by atoms with Gasteiger partial charge >= 0.3 is 23.5 Å². The van der Waals surface area contributed by atoms with Crippen molar-refractivity contribution in [1.29, 1.82) is 0 Å². The summed E-state index contributed by atoms with van der Waals surface area (Å²) in [6.07, 6.45) is -4.46. The van der Waals surface area contributed by atoms with E-state index in [9.17, 15) is 28.5 Å². The molecule has 3 saturated heterocycles. The normalized spacial score (nSPS) is 38.3. The molecule has 0 aromatic heterocycles. The molecule has 10 N–H and O–H groups in total. The highest BCUT2D eigenvalue weighted by atomic mass is 31.3. The lowest BCUT2D eigenvalue weighted by Crippen LogP contribution is -2.70. The number of ether oxygens (including phenoxy) is 1. The van der Waals surface area contributed by atoms with Crippen LogP contribution in [0.1, 0.15) is 6.42 Å². The summed E-state index contributed by atoms with van der Waals surface area (Å²) >= 11 is 0. The lowest BCUT2D eigenvalue weighted by atomic mass is 10.1. The molecule has 180 valence electrons. The van der Waals surface area contributed by atoms with Crippen LogP contribution in [0, 0.1) is 0 Å². The highest BCUT2D eigenvalue weighted by Gasteiger charge is 2.49. The van der Waals surface area contributed by atoms with E-state index < -0.39 is 67.0 Å². The molecule has 21 heteroatoms. The van der Waals surface area contributed by atoms with Gasteiger partial charge in [0.15, 0.2) is 0 Å². The molecule has 1 amide bonds.